The molecule has 0 aromatic heterocycles. The summed E-state index contributed by atoms with van der Waals surface area (Å²) >= 11 is 0. The van der Waals surface area contributed by atoms with Crippen LogP contribution in [0.3, 0.4) is 0 Å². The van der Waals surface area contributed by atoms with Gasteiger partial charge in [-0.25, -0.2) is 0 Å². The zero-order chi connectivity index (χ0) is 7.28. The van der Waals surface area contributed by atoms with Gasteiger partial charge in [0.05, 0.1) is 0 Å². The van der Waals surface area contributed by atoms with Crippen LogP contribution >= 0.6 is 0 Å². The molecule has 0 spiro atoms. The fourth-order valence-corrected chi connectivity index (χ4v) is 2.48. The normalized spacial score (nSPS) is 11.3. The Kier molecular flexibility index (Phi) is 5.70. The van der Waals surface area contributed by atoms with Crippen LogP contribution in [0.5, 0.6) is 0 Å². The molecule has 0 aliphatic rings. The minimum atomic E-state index is -0.820. The second-order valence-corrected chi connectivity index (χ2v) is 8.66. The van der Waals surface area contributed by atoms with Crippen LogP contribution in [0.4, 0.5) is 0 Å². The largest absolute Gasteiger partial charge is 0.438 e. The topological polar surface area (TPSA) is 18.5 Å². The van der Waals surface area contributed by atoms with E-state index < -0.39 is 18.1 Å². The lowest BCUT2D eigenvalue weighted by Gasteiger charge is -2.06. The lowest BCUT2D eigenvalue weighted by atomic mass is 11.9. The third-order valence-electron chi connectivity index (χ3n) is 0.568. The van der Waals surface area contributed by atoms with E-state index >= 15 is 0 Å². The Morgan fingerprint density at radius 1 is 0.889 bits per heavy atom. The molecule has 0 aromatic rings. The molecule has 0 aromatic carbocycles. The maximum Gasteiger partial charge on any atom is 0.409 e. The maximum atomic E-state index is 5.33. The van der Waals surface area contributed by atoms with Crippen LogP contribution in [-0.2, 0) is 8.23 Å². The molecule has 2 radical (unpaired) electrons. The van der Waals surface area contributed by atoms with Crippen molar-refractivity contribution in [1.29, 1.82) is 0 Å². The van der Waals surface area contributed by atoms with Gasteiger partial charge in [0, 0.05) is 0 Å². The molecule has 5 heteroatoms. The molecule has 0 amide bonds. The van der Waals surface area contributed by atoms with Crippen molar-refractivity contribution in [1.82, 2.24) is 0 Å². The van der Waals surface area contributed by atoms with E-state index in [0.29, 0.717) is 10.0 Å². The first-order chi connectivity index (χ1) is 4.13. The third kappa shape index (κ3) is 8.57. The molecule has 0 saturated heterocycles. The van der Waals surface area contributed by atoms with Crippen molar-refractivity contribution in [3.8, 4) is 0 Å². The number of hydrogen-bond donors (Lipinski definition) is 0. The van der Waals surface area contributed by atoms with Crippen LogP contribution in [0.1, 0.15) is 0 Å². The van der Waals surface area contributed by atoms with Gasteiger partial charge in [-0.1, -0.05) is 0 Å². The summed E-state index contributed by atoms with van der Waals surface area (Å²) in [5.41, 5.74) is 0. The molecule has 0 rings (SSSR count). The van der Waals surface area contributed by atoms with Crippen LogP contribution in [-0.4, -0.2) is 28.1 Å². The standard InChI is InChI=1S/C4H14O2Si3/c1-8(2)5-7-6-9(3)4/h8-9H,1-4H3. The van der Waals surface area contributed by atoms with E-state index in [1.165, 1.54) is 0 Å². The molecule has 0 saturated carbocycles. The molecule has 0 aliphatic heterocycles. The highest BCUT2D eigenvalue weighted by Gasteiger charge is 2.00. The predicted octanol–water partition coefficient (Wildman–Crippen LogP) is 0.521. The predicted molar refractivity (Wildman–Crippen MR) is 45.7 cm³/mol. The van der Waals surface area contributed by atoms with Gasteiger partial charge in [-0.2, -0.15) is 0 Å². The molecule has 0 atom stereocenters. The fourth-order valence-electron chi connectivity index (χ4n) is 0.220. The van der Waals surface area contributed by atoms with Gasteiger partial charge in [0.1, 0.15) is 0 Å². The van der Waals surface area contributed by atoms with Gasteiger partial charge >= 0.3 is 10.0 Å². The molecule has 9 heavy (non-hydrogen) atoms. The third-order valence-corrected chi connectivity index (χ3v) is 5.11. The second-order valence-electron chi connectivity index (χ2n) is 2.42. The first-order valence-corrected chi connectivity index (χ1v) is 9.57. The van der Waals surface area contributed by atoms with Crippen molar-refractivity contribution < 1.29 is 8.23 Å². The van der Waals surface area contributed by atoms with Crippen LogP contribution in [0.2, 0.25) is 26.2 Å². The van der Waals surface area contributed by atoms with E-state index in [9.17, 15) is 0 Å². The molecular weight excluding hydrogens is 164 g/mol. The maximum absolute atomic E-state index is 5.33. The van der Waals surface area contributed by atoms with E-state index in [1.807, 2.05) is 0 Å². The van der Waals surface area contributed by atoms with E-state index in [1.54, 1.807) is 0 Å². The molecule has 0 unspecified atom stereocenters. The molecule has 54 valence electrons. The minimum Gasteiger partial charge on any atom is -0.438 e. The summed E-state index contributed by atoms with van der Waals surface area (Å²) < 4.78 is 10.7. The van der Waals surface area contributed by atoms with E-state index in [0.717, 1.165) is 0 Å². The molecule has 0 aliphatic carbocycles. The fraction of sp³-hybridized carbons (Fsp3) is 1.00. The number of rotatable bonds is 4. The second kappa shape index (κ2) is 5.36. The summed E-state index contributed by atoms with van der Waals surface area (Å²) in [6, 6.07) is 0. The molecule has 0 heterocycles. The highest BCUT2D eigenvalue weighted by atomic mass is 28.4. The van der Waals surface area contributed by atoms with Gasteiger partial charge in [0.2, 0.25) is 0 Å². The first kappa shape index (κ1) is 9.57. The Bertz CT molecular complexity index is 58.8. The molecular formula is C4H14O2Si3. The highest BCUT2D eigenvalue weighted by molar-refractivity contribution is 6.59. The monoisotopic (exact) mass is 178 g/mol. The summed E-state index contributed by atoms with van der Waals surface area (Å²) in [7, 11) is -1.32. The first-order valence-electron chi connectivity index (χ1n) is 3.19. The van der Waals surface area contributed by atoms with Gasteiger partial charge in [-0.3, -0.25) is 0 Å². The van der Waals surface area contributed by atoms with Gasteiger partial charge < -0.3 is 8.23 Å². The van der Waals surface area contributed by atoms with Crippen molar-refractivity contribution in [2.75, 3.05) is 0 Å². The van der Waals surface area contributed by atoms with Crippen molar-refractivity contribution in [2.24, 2.45) is 0 Å². The Balaban J connectivity index is 2.91. The van der Waals surface area contributed by atoms with E-state index in [2.05, 4.69) is 26.2 Å². The number of hydrogen-bond acceptors (Lipinski definition) is 2. The molecule has 0 fully saturated rings. The lowest BCUT2D eigenvalue weighted by molar-refractivity contribution is 0.479. The van der Waals surface area contributed by atoms with Crippen LogP contribution in [0, 0.1) is 0 Å². The van der Waals surface area contributed by atoms with E-state index in [-0.39, 0.29) is 0 Å². The summed E-state index contributed by atoms with van der Waals surface area (Å²) in [6.45, 7) is 8.60. The summed E-state index contributed by atoms with van der Waals surface area (Å²) in [5, 5.41) is 0. The van der Waals surface area contributed by atoms with Crippen molar-refractivity contribution in [3.05, 3.63) is 0 Å². The quantitative estimate of drug-likeness (QED) is 0.585. The molecule has 2 nitrogen and oxygen atoms in total. The minimum absolute atomic E-state index is 0.316. The average molecular weight is 178 g/mol. The Morgan fingerprint density at radius 3 is 1.44 bits per heavy atom. The van der Waals surface area contributed by atoms with Crippen LogP contribution in [0.15, 0.2) is 0 Å². The van der Waals surface area contributed by atoms with Gasteiger partial charge in [0.25, 0.3) is 0 Å². The van der Waals surface area contributed by atoms with Crippen molar-refractivity contribution in [2.45, 2.75) is 26.2 Å². The Hall–Kier alpha value is 0.571. The SMILES string of the molecule is C[SiH](C)O[Si]O[SiH](C)C. The van der Waals surface area contributed by atoms with E-state index in [4.69, 9.17) is 8.23 Å². The van der Waals surface area contributed by atoms with Crippen molar-refractivity contribution >= 4 is 28.1 Å². The zero-order valence-corrected chi connectivity index (χ0v) is 9.78. The summed E-state index contributed by atoms with van der Waals surface area (Å²) in [5.74, 6) is 0. The Morgan fingerprint density at radius 2 is 1.22 bits per heavy atom. The highest BCUT2D eigenvalue weighted by Crippen LogP contribution is 1.85. The summed E-state index contributed by atoms with van der Waals surface area (Å²) in [4.78, 5) is 0. The molecule has 0 bridgehead atoms. The van der Waals surface area contributed by atoms with Gasteiger partial charge in [0.15, 0.2) is 18.1 Å². The van der Waals surface area contributed by atoms with Gasteiger partial charge in [-0.15, -0.1) is 0 Å². The van der Waals surface area contributed by atoms with Gasteiger partial charge in [-0.05, 0) is 26.2 Å². The smallest absolute Gasteiger partial charge is 0.409 e. The average Bonchev–Trinajstić information content (AvgIpc) is 1.63. The van der Waals surface area contributed by atoms with Crippen molar-refractivity contribution in [3.63, 3.8) is 0 Å². The summed E-state index contributed by atoms with van der Waals surface area (Å²) in [6.07, 6.45) is 0. The lowest BCUT2D eigenvalue weighted by Crippen LogP contribution is -2.19. The molecule has 0 N–H and O–H groups in total. The van der Waals surface area contributed by atoms with Crippen LogP contribution < -0.4 is 0 Å². The Labute approximate surface area is 63.1 Å². The van der Waals surface area contributed by atoms with Crippen LogP contribution in [0.25, 0.3) is 0 Å². The zero-order valence-electron chi connectivity index (χ0n) is 6.47.